The number of benzene rings is 2. The molecule has 0 saturated carbocycles. The first-order valence-corrected chi connectivity index (χ1v) is 11.8. The van der Waals surface area contributed by atoms with Crippen molar-refractivity contribution in [3.8, 4) is 11.5 Å². The van der Waals surface area contributed by atoms with Crippen LogP contribution in [0.2, 0.25) is 0 Å². The average Bonchev–Trinajstić information content (AvgIpc) is 2.82. The Morgan fingerprint density at radius 3 is 2.43 bits per heavy atom. The van der Waals surface area contributed by atoms with Gasteiger partial charge in [-0.1, -0.05) is 30.3 Å². The highest BCUT2D eigenvalue weighted by molar-refractivity contribution is 5.98. The normalized spacial score (nSPS) is 17.2. The van der Waals surface area contributed by atoms with Crippen molar-refractivity contribution in [3.05, 3.63) is 65.2 Å². The van der Waals surface area contributed by atoms with Gasteiger partial charge in [0.2, 0.25) is 0 Å². The van der Waals surface area contributed by atoms with Crippen LogP contribution in [0.15, 0.2) is 53.6 Å². The molecule has 3 N–H and O–H groups in total. The third kappa shape index (κ3) is 5.21. The molecule has 0 radical (unpaired) electrons. The van der Waals surface area contributed by atoms with Crippen LogP contribution in [0, 0.1) is 0 Å². The zero-order chi connectivity index (χ0) is 25.2. The molecule has 2 aliphatic heterocycles. The van der Waals surface area contributed by atoms with Gasteiger partial charge in [0.15, 0.2) is 5.84 Å². The number of nitrogens with zero attached hydrogens (tertiary/aromatic N) is 2. The fraction of sp³-hybridized carbons (Fsp3) is 0.407. The summed E-state index contributed by atoms with van der Waals surface area (Å²) in [6.45, 7) is 6.73. The van der Waals surface area contributed by atoms with Crippen LogP contribution in [-0.4, -0.2) is 55.3 Å². The Morgan fingerprint density at radius 2 is 1.83 bits per heavy atom. The Kier molecular flexibility index (Phi) is 6.65. The molecule has 8 nitrogen and oxygen atoms in total. The van der Waals surface area contributed by atoms with Crippen LogP contribution in [0.4, 0.5) is 4.79 Å². The lowest BCUT2D eigenvalue weighted by atomic mass is 9.82. The van der Waals surface area contributed by atoms with Crippen LogP contribution in [0.3, 0.4) is 0 Å². The van der Waals surface area contributed by atoms with Crippen molar-refractivity contribution in [1.29, 1.82) is 0 Å². The SMILES string of the molecule is CN/N=C(\N)c1ccc(C2=CC3(CCN(C(=O)OC(C)(C)C)CC3)Oc3cccc(OC)c32)cc1. The Morgan fingerprint density at radius 1 is 1.14 bits per heavy atom. The van der Waals surface area contributed by atoms with E-state index in [9.17, 15) is 4.79 Å². The summed E-state index contributed by atoms with van der Waals surface area (Å²) < 4.78 is 17.9. The van der Waals surface area contributed by atoms with Crippen LogP contribution in [0.1, 0.15) is 50.3 Å². The zero-order valence-corrected chi connectivity index (χ0v) is 21.1. The number of hydrogen-bond acceptors (Lipinski definition) is 6. The van der Waals surface area contributed by atoms with Gasteiger partial charge in [-0.15, -0.1) is 0 Å². The third-order valence-electron chi connectivity index (χ3n) is 6.18. The molecule has 2 heterocycles. The first-order valence-electron chi connectivity index (χ1n) is 11.8. The number of fused-ring (bicyclic) bond motifs is 1. The lowest BCUT2D eigenvalue weighted by Gasteiger charge is -2.43. The summed E-state index contributed by atoms with van der Waals surface area (Å²) in [7, 11) is 3.37. The Hall–Kier alpha value is -3.68. The minimum Gasteiger partial charge on any atom is -0.496 e. The fourth-order valence-electron chi connectivity index (χ4n) is 4.49. The fourth-order valence-corrected chi connectivity index (χ4v) is 4.49. The van der Waals surface area contributed by atoms with Crippen LogP contribution < -0.4 is 20.6 Å². The van der Waals surface area contributed by atoms with Gasteiger partial charge in [-0.2, -0.15) is 5.10 Å². The Labute approximate surface area is 206 Å². The molecule has 2 aromatic rings. The zero-order valence-electron chi connectivity index (χ0n) is 21.1. The van der Waals surface area contributed by atoms with E-state index in [1.807, 2.05) is 63.2 Å². The number of amidine groups is 1. The molecule has 0 aromatic heterocycles. The molecule has 4 rings (SSSR count). The van der Waals surface area contributed by atoms with E-state index in [0.29, 0.717) is 31.8 Å². The molecule has 2 aromatic carbocycles. The number of likely N-dealkylation sites (tertiary alicyclic amines) is 1. The van der Waals surface area contributed by atoms with Crippen molar-refractivity contribution in [1.82, 2.24) is 10.3 Å². The maximum atomic E-state index is 12.6. The molecule has 0 unspecified atom stereocenters. The third-order valence-corrected chi connectivity index (χ3v) is 6.18. The second kappa shape index (κ2) is 9.52. The van der Waals surface area contributed by atoms with Gasteiger partial charge in [-0.05, 0) is 50.1 Å². The van der Waals surface area contributed by atoms with Crippen molar-refractivity contribution in [3.63, 3.8) is 0 Å². The summed E-state index contributed by atoms with van der Waals surface area (Å²) in [5, 5.41) is 4.06. The highest BCUT2D eigenvalue weighted by Gasteiger charge is 2.41. The number of ether oxygens (including phenoxy) is 3. The number of amides is 1. The monoisotopic (exact) mass is 478 g/mol. The lowest BCUT2D eigenvalue weighted by Crippen LogP contribution is -2.50. The van der Waals surface area contributed by atoms with Gasteiger partial charge < -0.3 is 30.3 Å². The van der Waals surface area contributed by atoms with E-state index >= 15 is 0 Å². The number of nitrogens with two attached hydrogens (primary N) is 1. The first-order chi connectivity index (χ1) is 16.6. The minimum absolute atomic E-state index is 0.286. The summed E-state index contributed by atoms with van der Waals surface area (Å²) in [6.07, 6.45) is 3.22. The Balaban J connectivity index is 1.67. The van der Waals surface area contributed by atoms with E-state index in [2.05, 4.69) is 16.6 Å². The minimum atomic E-state index is -0.529. The molecule has 1 fully saturated rings. The molecular formula is C27H34N4O4. The average molecular weight is 479 g/mol. The van der Waals surface area contributed by atoms with Crippen LogP contribution >= 0.6 is 0 Å². The standard InChI is InChI=1S/C27H34N4O4/c1-26(2,3)35-25(32)31-15-13-27(14-16-31)17-20(23-21(33-5)7-6-8-22(23)34-27)18-9-11-19(12-10-18)24(28)30-29-4/h6-12,17,29H,13-16H2,1-5H3,(H2,28,30). The van der Waals surface area contributed by atoms with Gasteiger partial charge in [-0.25, -0.2) is 4.79 Å². The number of carbonyl (C=O) groups excluding carboxylic acids is 1. The largest absolute Gasteiger partial charge is 0.496 e. The molecule has 0 aliphatic carbocycles. The number of hydrogen-bond donors (Lipinski definition) is 2. The molecule has 186 valence electrons. The lowest BCUT2D eigenvalue weighted by molar-refractivity contribution is -0.00120. The maximum absolute atomic E-state index is 12.6. The summed E-state index contributed by atoms with van der Waals surface area (Å²) >= 11 is 0. The molecule has 0 bridgehead atoms. The van der Waals surface area contributed by atoms with E-state index in [0.717, 1.165) is 33.8 Å². The molecule has 8 heteroatoms. The maximum Gasteiger partial charge on any atom is 0.410 e. The van der Waals surface area contributed by atoms with E-state index < -0.39 is 11.2 Å². The second-order valence-electron chi connectivity index (χ2n) is 9.82. The molecule has 1 amide bonds. The van der Waals surface area contributed by atoms with Crippen molar-refractivity contribution in [2.24, 2.45) is 10.8 Å². The quantitative estimate of drug-likeness (QED) is 0.390. The number of nitrogens with one attached hydrogen (secondary N) is 1. The number of piperidine rings is 1. The highest BCUT2D eigenvalue weighted by Crippen LogP contribution is 2.47. The molecule has 2 aliphatic rings. The Bertz CT molecular complexity index is 1140. The van der Waals surface area contributed by atoms with E-state index in [1.165, 1.54) is 0 Å². The van der Waals surface area contributed by atoms with E-state index in [4.69, 9.17) is 19.9 Å². The first kappa shape index (κ1) is 24.4. The molecule has 1 spiro atoms. The van der Waals surface area contributed by atoms with Crippen LogP contribution in [0.5, 0.6) is 11.5 Å². The molecule has 1 saturated heterocycles. The summed E-state index contributed by atoms with van der Waals surface area (Å²) in [5.74, 6) is 1.94. The summed E-state index contributed by atoms with van der Waals surface area (Å²) in [6, 6.07) is 13.8. The van der Waals surface area contributed by atoms with Gasteiger partial charge in [0, 0.05) is 38.5 Å². The van der Waals surface area contributed by atoms with Gasteiger partial charge in [0.25, 0.3) is 0 Å². The van der Waals surface area contributed by atoms with Crippen LogP contribution in [0.25, 0.3) is 5.57 Å². The topological polar surface area (TPSA) is 98.4 Å². The smallest absolute Gasteiger partial charge is 0.410 e. The van der Waals surface area contributed by atoms with Gasteiger partial charge >= 0.3 is 6.09 Å². The van der Waals surface area contributed by atoms with Crippen molar-refractivity contribution >= 4 is 17.5 Å². The highest BCUT2D eigenvalue weighted by atomic mass is 16.6. The van der Waals surface area contributed by atoms with Gasteiger partial charge in [0.1, 0.15) is 22.7 Å². The number of carbonyl (C=O) groups is 1. The summed E-state index contributed by atoms with van der Waals surface area (Å²) in [5.41, 5.74) is 11.5. The van der Waals surface area contributed by atoms with Crippen molar-refractivity contribution < 1.29 is 19.0 Å². The predicted octanol–water partition coefficient (Wildman–Crippen LogP) is 4.13. The molecule has 0 atom stereocenters. The van der Waals surface area contributed by atoms with Gasteiger partial charge in [-0.3, -0.25) is 0 Å². The number of hydrazone groups is 1. The van der Waals surface area contributed by atoms with E-state index in [1.54, 1.807) is 19.1 Å². The summed E-state index contributed by atoms with van der Waals surface area (Å²) in [4.78, 5) is 14.3. The molecular weight excluding hydrogens is 444 g/mol. The van der Waals surface area contributed by atoms with Crippen molar-refractivity contribution in [2.75, 3.05) is 27.2 Å². The van der Waals surface area contributed by atoms with Crippen LogP contribution in [-0.2, 0) is 4.74 Å². The number of rotatable bonds is 4. The second-order valence-corrected chi connectivity index (χ2v) is 9.82. The van der Waals surface area contributed by atoms with Gasteiger partial charge in [0.05, 0.1) is 12.7 Å². The predicted molar refractivity (Wildman–Crippen MR) is 137 cm³/mol. The number of methoxy groups -OCH3 is 1. The van der Waals surface area contributed by atoms with E-state index in [-0.39, 0.29) is 6.09 Å². The molecule has 35 heavy (non-hydrogen) atoms. The van der Waals surface area contributed by atoms with Crippen molar-refractivity contribution in [2.45, 2.75) is 44.8 Å².